The van der Waals surface area contributed by atoms with Crippen molar-refractivity contribution in [1.29, 1.82) is 0 Å². The average Bonchev–Trinajstić information content (AvgIpc) is 2.10. The second kappa shape index (κ2) is 1.99. The van der Waals surface area contributed by atoms with Crippen LogP contribution in [0.3, 0.4) is 0 Å². The van der Waals surface area contributed by atoms with Crippen LogP contribution in [0.4, 0.5) is 0 Å². The molecule has 0 aromatic carbocycles. The van der Waals surface area contributed by atoms with Crippen LogP contribution < -0.4 is 5.32 Å². The van der Waals surface area contributed by atoms with Crippen LogP contribution in [-0.4, -0.2) is 29.6 Å². The van der Waals surface area contributed by atoms with Crippen LogP contribution in [0, 0.1) is 0 Å². The number of aliphatic hydroxyl groups excluding tert-OH is 1. The molecule has 0 aliphatic carbocycles. The van der Waals surface area contributed by atoms with E-state index < -0.39 is 0 Å². The summed E-state index contributed by atoms with van der Waals surface area (Å²) >= 11 is 0. The van der Waals surface area contributed by atoms with Gasteiger partial charge in [-0.1, -0.05) is 0 Å². The summed E-state index contributed by atoms with van der Waals surface area (Å²) in [5.41, 5.74) is 0.0536. The Hall–Kier alpha value is -0.570. The van der Waals surface area contributed by atoms with Crippen molar-refractivity contribution in [1.82, 2.24) is 5.32 Å². The molecule has 2 N–H and O–H groups in total. The standard InChI is InChI=1S/C6H12N2O/c1-6(2)4-7-5(3-9)8-6/h9H,3-4H2,1-2H3,(H,7,8). The molecule has 1 aliphatic heterocycles. The van der Waals surface area contributed by atoms with Gasteiger partial charge in [0.25, 0.3) is 0 Å². The van der Waals surface area contributed by atoms with Gasteiger partial charge in [0.05, 0.1) is 12.1 Å². The van der Waals surface area contributed by atoms with Crippen molar-refractivity contribution in [2.75, 3.05) is 13.2 Å². The summed E-state index contributed by atoms with van der Waals surface area (Å²) in [6.45, 7) is 4.91. The summed E-state index contributed by atoms with van der Waals surface area (Å²) in [4.78, 5) is 4.06. The van der Waals surface area contributed by atoms with Gasteiger partial charge < -0.3 is 10.4 Å². The summed E-state index contributed by atoms with van der Waals surface area (Å²) < 4.78 is 0. The van der Waals surface area contributed by atoms with Crippen molar-refractivity contribution in [2.24, 2.45) is 4.99 Å². The minimum Gasteiger partial charge on any atom is -0.388 e. The van der Waals surface area contributed by atoms with Crippen LogP contribution in [0.25, 0.3) is 0 Å². The van der Waals surface area contributed by atoms with E-state index in [1.807, 2.05) is 0 Å². The van der Waals surface area contributed by atoms with Crippen LogP contribution in [0.5, 0.6) is 0 Å². The zero-order chi connectivity index (χ0) is 6.91. The predicted octanol–water partition coefficient (Wildman–Crippen LogP) is -0.241. The lowest BCUT2D eigenvalue weighted by molar-refractivity contribution is 0.350. The molecule has 0 aromatic heterocycles. The van der Waals surface area contributed by atoms with Crippen LogP contribution >= 0.6 is 0 Å². The normalized spacial score (nSPS) is 23.2. The number of rotatable bonds is 1. The predicted molar refractivity (Wildman–Crippen MR) is 36.6 cm³/mol. The molecule has 0 spiro atoms. The molecule has 9 heavy (non-hydrogen) atoms. The topological polar surface area (TPSA) is 44.6 Å². The van der Waals surface area contributed by atoms with Crippen molar-refractivity contribution >= 4 is 5.84 Å². The summed E-state index contributed by atoms with van der Waals surface area (Å²) in [5.74, 6) is 0.708. The molecule has 0 aromatic rings. The summed E-state index contributed by atoms with van der Waals surface area (Å²) in [5, 5.41) is 11.7. The minimum atomic E-state index is 0.0312. The number of hydrogen-bond acceptors (Lipinski definition) is 3. The first kappa shape index (κ1) is 6.55. The van der Waals surface area contributed by atoms with Gasteiger partial charge >= 0.3 is 0 Å². The second-order valence-electron chi connectivity index (χ2n) is 2.93. The Morgan fingerprint density at radius 1 is 1.78 bits per heavy atom. The maximum absolute atomic E-state index is 8.60. The Morgan fingerprint density at radius 3 is 2.67 bits per heavy atom. The number of hydrogen-bond donors (Lipinski definition) is 2. The highest BCUT2D eigenvalue weighted by Gasteiger charge is 2.23. The van der Waals surface area contributed by atoms with E-state index in [9.17, 15) is 0 Å². The molecule has 0 atom stereocenters. The van der Waals surface area contributed by atoms with E-state index in [1.165, 1.54) is 0 Å². The van der Waals surface area contributed by atoms with Gasteiger partial charge in [-0.3, -0.25) is 4.99 Å². The van der Waals surface area contributed by atoms with E-state index in [-0.39, 0.29) is 12.1 Å². The molecule has 0 radical (unpaired) electrons. The molecule has 0 saturated heterocycles. The molecular weight excluding hydrogens is 116 g/mol. The van der Waals surface area contributed by atoms with Gasteiger partial charge in [0, 0.05) is 0 Å². The number of amidine groups is 1. The molecule has 0 bridgehead atoms. The number of aliphatic imine (C=N–C) groups is 1. The van der Waals surface area contributed by atoms with Crippen LogP contribution in [0.15, 0.2) is 4.99 Å². The molecule has 1 aliphatic rings. The lowest BCUT2D eigenvalue weighted by Crippen LogP contribution is -2.40. The van der Waals surface area contributed by atoms with Crippen LogP contribution in [0.1, 0.15) is 13.8 Å². The third-order valence-corrected chi connectivity index (χ3v) is 1.30. The molecule has 1 rings (SSSR count). The molecule has 0 fully saturated rings. The summed E-state index contributed by atoms with van der Waals surface area (Å²) in [6.07, 6.45) is 0. The van der Waals surface area contributed by atoms with E-state index in [0.717, 1.165) is 6.54 Å². The molecule has 0 unspecified atom stereocenters. The van der Waals surface area contributed by atoms with Crippen LogP contribution in [-0.2, 0) is 0 Å². The van der Waals surface area contributed by atoms with Gasteiger partial charge in [0.2, 0.25) is 0 Å². The Labute approximate surface area is 54.8 Å². The summed E-state index contributed by atoms with van der Waals surface area (Å²) in [6, 6.07) is 0. The third-order valence-electron chi connectivity index (χ3n) is 1.30. The fourth-order valence-electron chi connectivity index (χ4n) is 0.852. The zero-order valence-electron chi connectivity index (χ0n) is 5.81. The number of aliphatic hydroxyl groups is 1. The molecule has 0 amide bonds. The third kappa shape index (κ3) is 1.42. The Kier molecular flexibility index (Phi) is 1.45. The highest BCUT2D eigenvalue weighted by molar-refractivity contribution is 5.85. The van der Waals surface area contributed by atoms with E-state index in [0.29, 0.717) is 5.84 Å². The fourth-order valence-corrected chi connectivity index (χ4v) is 0.852. The first-order chi connectivity index (χ1) is 4.14. The van der Waals surface area contributed by atoms with Crippen molar-refractivity contribution < 1.29 is 5.11 Å². The molecule has 0 saturated carbocycles. The van der Waals surface area contributed by atoms with E-state index in [4.69, 9.17) is 5.11 Å². The van der Waals surface area contributed by atoms with Crippen molar-refractivity contribution in [3.05, 3.63) is 0 Å². The minimum absolute atomic E-state index is 0.0312. The monoisotopic (exact) mass is 128 g/mol. The Balaban J connectivity index is 2.50. The van der Waals surface area contributed by atoms with E-state index in [1.54, 1.807) is 0 Å². The van der Waals surface area contributed by atoms with Crippen molar-refractivity contribution in [2.45, 2.75) is 19.4 Å². The maximum atomic E-state index is 8.60. The fraction of sp³-hybridized carbons (Fsp3) is 0.833. The quantitative estimate of drug-likeness (QED) is 0.512. The van der Waals surface area contributed by atoms with Gasteiger partial charge in [-0.25, -0.2) is 0 Å². The molecular formula is C6H12N2O. The number of nitrogens with one attached hydrogen (secondary N) is 1. The first-order valence-corrected chi connectivity index (χ1v) is 3.06. The number of nitrogens with zero attached hydrogens (tertiary/aromatic N) is 1. The lowest BCUT2D eigenvalue weighted by atomic mass is 10.1. The van der Waals surface area contributed by atoms with E-state index >= 15 is 0 Å². The van der Waals surface area contributed by atoms with Gasteiger partial charge in [0.1, 0.15) is 12.4 Å². The van der Waals surface area contributed by atoms with Gasteiger partial charge in [-0.05, 0) is 13.8 Å². The summed E-state index contributed by atoms with van der Waals surface area (Å²) in [7, 11) is 0. The first-order valence-electron chi connectivity index (χ1n) is 3.06. The van der Waals surface area contributed by atoms with E-state index in [2.05, 4.69) is 24.2 Å². The highest BCUT2D eigenvalue weighted by Crippen LogP contribution is 2.07. The van der Waals surface area contributed by atoms with Crippen molar-refractivity contribution in [3.63, 3.8) is 0 Å². The van der Waals surface area contributed by atoms with Gasteiger partial charge in [0.15, 0.2) is 0 Å². The lowest BCUT2D eigenvalue weighted by Gasteiger charge is -2.17. The second-order valence-corrected chi connectivity index (χ2v) is 2.93. The van der Waals surface area contributed by atoms with Crippen LogP contribution in [0.2, 0.25) is 0 Å². The highest BCUT2D eigenvalue weighted by atomic mass is 16.3. The molecule has 3 heteroatoms. The largest absolute Gasteiger partial charge is 0.388 e. The molecule has 1 heterocycles. The Bertz CT molecular complexity index is 140. The maximum Gasteiger partial charge on any atom is 0.123 e. The SMILES string of the molecule is CC1(C)CN=C(CO)N1. The molecule has 3 nitrogen and oxygen atoms in total. The average molecular weight is 128 g/mol. The van der Waals surface area contributed by atoms with Crippen molar-refractivity contribution in [3.8, 4) is 0 Å². The Morgan fingerprint density at radius 2 is 2.44 bits per heavy atom. The van der Waals surface area contributed by atoms with Gasteiger partial charge in [-0.2, -0.15) is 0 Å². The molecule has 52 valence electrons. The zero-order valence-corrected chi connectivity index (χ0v) is 5.81. The van der Waals surface area contributed by atoms with Gasteiger partial charge in [-0.15, -0.1) is 0 Å². The smallest absolute Gasteiger partial charge is 0.123 e.